The predicted molar refractivity (Wildman–Crippen MR) is 71.4 cm³/mol. The van der Waals surface area contributed by atoms with Crippen LogP contribution in [0.15, 0.2) is 0 Å². The van der Waals surface area contributed by atoms with Crippen LogP contribution in [0, 0.1) is 5.92 Å². The van der Waals surface area contributed by atoms with Gasteiger partial charge in [0.2, 0.25) is 0 Å². The maximum atomic E-state index is 12.0. The van der Waals surface area contributed by atoms with Crippen LogP contribution in [-0.4, -0.2) is 47.1 Å². The molecule has 2 fully saturated rings. The van der Waals surface area contributed by atoms with Gasteiger partial charge in [0.25, 0.3) is 0 Å². The Morgan fingerprint density at radius 1 is 1.11 bits per heavy atom. The Balaban J connectivity index is 1.83. The molecule has 5 nitrogen and oxygen atoms in total. The number of hydrogen-bond acceptors (Lipinski definition) is 3. The lowest BCUT2D eigenvalue weighted by molar-refractivity contribution is -0.147. The summed E-state index contributed by atoms with van der Waals surface area (Å²) in [5, 5.41) is 12.5. The van der Waals surface area contributed by atoms with Gasteiger partial charge in [0.05, 0.1) is 12.1 Å². The molecule has 1 saturated heterocycles. The van der Waals surface area contributed by atoms with E-state index in [2.05, 4.69) is 12.2 Å². The summed E-state index contributed by atoms with van der Waals surface area (Å²) in [6, 6.07) is -0.256. The van der Waals surface area contributed by atoms with Gasteiger partial charge in [0.15, 0.2) is 0 Å². The van der Waals surface area contributed by atoms with Gasteiger partial charge in [-0.2, -0.15) is 0 Å². The molecule has 0 bridgehead atoms. The molecule has 0 radical (unpaired) electrons. The summed E-state index contributed by atoms with van der Waals surface area (Å²) in [6.07, 6.45) is 4.88. The third kappa shape index (κ3) is 3.69. The zero-order valence-corrected chi connectivity index (χ0v) is 11.6. The van der Waals surface area contributed by atoms with Gasteiger partial charge in [-0.25, -0.2) is 0 Å². The summed E-state index contributed by atoms with van der Waals surface area (Å²) in [5.41, 5.74) is 0. The van der Waals surface area contributed by atoms with Crippen molar-refractivity contribution in [1.82, 2.24) is 10.2 Å². The Morgan fingerprint density at radius 2 is 1.74 bits per heavy atom. The van der Waals surface area contributed by atoms with Crippen molar-refractivity contribution in [2.75, 3.05) is 13.1 Å². The number of nitrogens with zero attached hydrogens (tertiary/aromatic N) is 1. The molecule has 2 N–H and O–H groups in total. The Labute approximate surface area is 114 Å². The van der Waals surface area contributed by atoms with E-state index in [4.69, 9.17) is 0 Å². The highest BCUT2D eigenvalue weighted by Gasteiger charge is 2.30. The summed E-state index contributed by atoms with van der Waals surface area (Å²) in [4.78, 5) is 25.6. The quantitative estimate of drug-likeness (QED) is 0.687. The zero-order chi connectivity index (χ0) is 13.8. The van der Waals surface area contributed by atoms with E-state index in [-0.39, 0.29) is 6.04 Å². The molecule has 5 heteroatoms. The molecular formula is C14H24N2O3. The highest BCUT2D eigenvalue weighted by molar-refractivity contribution is 6.35. The van der Waals surface area contributed by atoms with Crippen molar-refractivity contribution in [3.63, 3.8) is 0 Å². The van der Waals surface area contributed by atoms with E-state index in [0.717, 1.165) is 32.1 Å². The monoisotopic (exact) mass is 268 g/mol. The van der Waals surface area contributed by atoms with E-state index in [0.29, 0.717) is 25.4 Å². The van der Waals surface area contributed by atoms with Gasteiger partial charge in [-0.15, -0.1) is 0 Å². The van der Waals surface area contributed by atoms with E-state index in [1.807, 2.05) is 0 Å². The number of likely N-dealkylation sites (tertiary alicyclic amines) is 1. The van der Waals surface area contributed by atoms with Crippen LogP contribution in [0.5, 0.6) is 0 Å². The van der Waals surface area contributed by atoms with E-state index in [1.165, 1.54) is 0 Å². The molecule has 0 unspecified atom stereocenters. The van der Waals surface area contributed by atoms with Gasteiger partial charge < -0.3 is 15.3 Å². The smallest absolute Gasteiger partial charge is 0.311 e. The molecule has 2 aliphatic rings. The summed E-state index contributed by atoms with van der Waals surface area (Å²) in [5.74, 6) is -0.363. The van der Waals surface area contributed by atoms with Gasteiger partial charge >= 0.3 is 11.8 Å². The van der Waals surface area contributed by atoms with Crippen LogP contribution in [0.25, 0.3) is 0 Å². The van der Waals surface area contributed by atoms with Gasteiger partial charge in [-0.3, -0.25) is 9.59 Å². The summed E-state index contributed by atoms with van der Waals surface area (Å²) < 4.78 is 0. The average Bonchev–Trinajstić information content (AvgIpc) is 2.41. The number of nitrogens with one attached hydrogen (secondary N) is 1. The summed E-state index contributed by atoms with van der Waals surface area (Å²) >= 11 is 0. The number of carbonyl (C=O) groups excluding carboxylic acids is 2. The van der Waals surface area contributed by atoms with Gasteiger partial charge in [0, 0.05) is 13.1 Å². The highest BCUT2D eigenvalue weighted by Crippen LogP contribution is 2.19. The molecule has 1 aliphatic heterocycles. The van der Waals surface area contributed by atoms with Crippen molar-refractivity contribution in [2.45, 2.75) is 57.6 Å². The minimum Gasteiger partial charge on any atom is -0.391 e. The third-order valence-corrected chi connectivity index (χ3v) is 4.31. The van der Waals surface area contributed by atoms with Crippen LogP contribution in [-0.2, 0) is 9.59 Å². The topological polar surface area (TPSA) is 69.6 Å². The number of piperidine rings is 1. The molecule has 1 saturated carbocycles. The second-order valence-electron chi connectivity index (χ2n) is 5.91. The molecule has 1 aliphatic carbocycles. The molecule has 0 spiro atoms. The largest absolute Gasteiger partial charge is 0.391 e. The first-order chi connectivity index (χ1) is 9.08. The van der Waals surface area contributed by atoms with Crippen LogP contribution in [0.3, 0.4) is 0 Å². The Morgan fingerprint density at radius 3 is 2.37 bits per heavy atom. The van der Waals surface area contributed by atoms with E-state index >= 15 is 0 Å². The first-order valence-electron chi connectivity index (χ1n) is 7.35. The van der Waals surface area contributed by atoms with Crippen molar-refractivity contribution >= 4 is 11.8 Å². The SMILES string of the molecule is CC1CCN(C(=O)C(=O)N[C@H]2CCCC[C@H]2O)CC1. The Kier molecular flexibility index (Phi) is 4.80. The zero-order valence-electron chi connectivity index (χ0n) is 11.6. The average molecular weight is 268 g/mol. The molecule has 0 aromatic rings. The minimum absolute atomic E-state index is 0.256. The lowest BCUT2D eigenvalue weighted by Gasteiger charge is -2.32. The first-order valence-corrected chi connectivity index (χ1v) is 7.35. The van der Waals surface area contributed by atoms with E-state index < -0.39 is 17.9 Å². The van der Waals surface area contributed by atoms with Gasteiger partial charge in [-0.05, 0) is 31.6 Å². The van der Waals surface area contributed by atoms with Crippen LogP contribution >= 0.6 is 0 Å². The second-order valence-corrected chi connectivity index (χ2v) is 5.91. The third-order valence-electron chi connectivity index (χ3n) is 4.31. The van der Waals surface area contributed by atoms with Crippen molar-refractivity contribution < 1.29 is 14.7 Å². The molecule has 0 aromatic carbocycles. The molecule has 108 valence electrons. The van der Waals surface area contributed by atoms with Crippen LogP contribution in [0.4, 0.5) is 0 Å². The number of aliphatic hydroxyl groups is 1. The molecule has 2 amide bonds. The molecule has 2 atom stereocenters. The fraction of sp³-hybridized carbons (Fsp3) is 0.857. The van der Waals surface area contributed by atoms with Crippen LogP contribution in [0.2, 0.25) is 0 Å². The maximum absolute atomic E-state index is 12.0. The fourth-order valence-corrected chi connectivity index (χ4v) is 2.87. The lowest BCUT2D eigenvalue weighted by atomic mass is 9.92. The number of amides is 2. The number of carbonyl (C=O) groups is 2. The van der Waals surface area contributed by atoms with Crippen LogP contribution < -0.4 is 5.32 Å². The van der Waals surface area contributed by atoms with E-state index in [9.17, 15) is 14.7 Å². The van der Waals surface area contributed by atoms with Crippen molar-refractivity contribution in [3.05, 3.63) is 0 Å². The molecule has 2 rings (SSSR count). The minimum atomic E-state index is -0.555. The molecule has 1 heterocycles. The number of aliphatic hydroxyl groups excluding tert-OH is 1. The predicted octanol–water partition coefficient (Wildman–Crippen LogP) is 0.665. The normalized spacial score (nSPS) is 29.1. The van der Waals surface area contributed by atoms with Gasteiger partial charge in [-0.1, -0.05) is 19.8 Å². The van der Waals surface area contributed by atoms with Gasteiger partial charge in [0.1, 0.15) is 0 Å². The number of rotatable bonds is 1. The van der Waals surface area contributed by atoms with Crippen molar-refractivity contribution in [1.29, 1.82) is 0 Å². The van der Waals surface area contributed by atoms with Crippen molar-refractivity contribution in [2.24, 2.45) is 5.92 Å². The van der Waals surface area contributed by atoms with Crippen molar-refractivity contribution in [3.8, 4) is 0 Å². The molecule has 0 aromatic heterocycles. The summed E-state index contributed by atoms with van der Waals surface area (Å²) in [7, 11) is 0. The fourth-order valence-electron chi connectivity index (χ4n) is 2.87. The maximum Gasteiger partial charge on any atom is 0.311 e. The Bertz CT molecular complexity index is 338. The highest BCUT2D eigenvalue weighted by atomic mass is 16.3. The second kappa shape index (κ2) is 6.37. The summed E-state index contributed by atoms with van der Waals surface area (Å²) in [6.45, 7) is 3.50. The standard InChI is InChI=1S/C14H24N2O3/c1-10-6-8-16(9-7-10)14(19)13(18)15-11-4-2-3-5-12(11)17/h10-12,17H,2-9H2,1H3,(H,15,18)/t11-,12+/m0/s1. The first kappa shape index (κ1) is 14.3. The lowest BCUT2D eigenvalue weighted by Crippen LogP contribution is -2.52. The van der Waals surface area contributed by atoms with Crippen LogP contribution in [0.1, 0.15) is 45.4 Å². The molecular weight excluding hydrogens is 244 g/mol. The number of hydrogen-bond donors (Lipinski definition) is 2. The molecule has 19 heavy (non-hydrogen) atoms. The van der Waals surface area contributed by atoms with E-state index in [1.54, 1.807) is 4.90 Å². The Hall–Kier alpha value is -1.10.